The second kappa shape index (κ2) is 8.57. The van der Waals surface area contributed by atoms with E-state index in [2.05, 4.69) is 24.1 Å². The number of ether oxygens (including phenoxy) is 1. The Labute approximate surface area is 173 Å². The maximum absolute atomic E-state index is 13.1. The second-order valence-corrected chi connectivity index (χ2v) is 9.14. The number of piperidine rings is 1. The van der Waals surface area contributed by atoms with E-state index in [1.54, 1.807) is 4.57 Å². The maximum atomic E-state index is 13.1. The monoisotopic (exact) mass is 399 g/mol. The fraction of sp³-hybridized carbons (Fsp3) is 0.565. The highest BCUT2D eigenvalue weighted by Gasteiger charge is 2.25. The molecule has 6 nitrogen and oxygen atoms in total. The van der Waals surface area contributed by atoms with E-state index in [1.165, 1.54) is 0 Å². The molecule has 0 atom stereocenters. The van der Waals surface area contributed by atoms with E-state index in [-0.39, 0.29) is 24.5 Å². The van der Waals surface area contributed by atoms with Crippen LogP contribution in [0.25, 0.3) is 10.9 Å². The maximum Gasteiger partial charge on any atom is 0.326 e. The topological polar surface area (TPSA) is 63.6 Å². The summed E-state index contributed by atoms with van der Waals surface area (Å²) in [6, 6.07) is 10.3. The molecule has 0 saturated carbocycles. The largest absolute Gasteiger partial charge is 0.459 e. The molecule has 1 N–H and O–H groups in total. The van der Waals surface area contributed by atoms with Gasteiger partial charge in [0, 0.05) is 36.1 Å². The minimum Gasteiger partial charge on any atom is -0.459 e. The summed E-state index contributed by atoms with van der Waals surface area (Å²) in [5, 5.41) is 4.12. The minimum absolute atomic E-state index is 0.0132. The van der Waals surface area contributed by atoms with Gasteiger partial charge in [0.15, 0.2) is 0 Å². The molecule has 3 rings (SSSR count). The second-order valence-electron chi connectivity index (χ2n) is 9.14. The van der Waals surface area contributed by atoms with Gasteiger partial charge in [-0.25, -0.2) is 0 Å². The lowest BCUT2D eigenvalue weighted by atomic mass is 10.0. The van der Waals surface area contributed by atoms with Gasteiger partial charge in [-0.2, -0.15) is 0 Å². The van der Waals surface area contributed by atoms with Crippen molar-refractivity contribution in [2.24, 2.45) is 0 Å². The van der Waals surface area contributed by atoms with Crippen LogP contribution < -0.4 is 5.32 Å². The summed E-state index contributed by atoms with van der Waals surface area (Å²) in [6.07, 6.45) is 1.88. The number of carbonyl (C=O) groups excluding carboxylic acids is 2. The molecule has 29 heavy (non-hydrogen) atoms. The molecule has 1 aliphatic heterocycles. The fourth-order valence-corrected chi connectivity index (χ4v) is 3.89. The number of nitrogens with one attached hydrogen (secondary N) is 1. The van der Waals surface area contributed by atoms with Crippen LogP contribution >= 0.6 is 0 Å². The van der Waals surface area contributed by atoms with E-state index in [0.717, 1.165) is 36.8 Å². The minimum atomic E-state index is -0.563. The molecule has 0 radical (unpaired) electrons. The highest BCUT2D eigenvalue weighted by Crippen LogP contribution is 2.22. The Kier molecular flexibility index (Phi) is 6.32. The number of carbonyl (C=O) groups is 2. The quantitative estimate of drug-likeness (QED) is 0.781. The van der Waals surface area contributed by atoms with Crippen LogP contribution in [0, 0.1) is 0 Å². The Bertz CT molecular complexity index is 871. The molecule has 0 unspecified atom stereocenters. The van der Waals surface area contributed by atoms with E-state index in [4.69, 9.17) is 4.74 Å². The molecular weight excluding hydrogens is 366 g/mol. The first-order chi connectivity index (χ1) is 13.6. The van der Waals surface area contributed by atoms with Crippen LogP contribution in [-0.4, -0.2) is 52.1 Å². The van der Waals surface area contributed by atoms with Crippen LogP contribution in [0.5, 0.6) is 0 Å². The van der Waals surface area contributed by atoms with Crippen LogP contribution in [0.2, 0.25) is 0 Å². The van der Waals surface area contributed by atoms with Gasteiger partial charge in [-0.15, -0.1) is 0 Å². The Morgan fingerprint density at radius 3 is 2.45 bits per heavy atom. The summed E-state index contributed by atoms with van der Waals surface area (Å²) >= 11 is 0. The van der Waals surface area contributed by atoms with Gasteiger partial charge in [-0.05, 0) is 59.6 Å². The molecule has 6 heteroatoms. The number of likely N-dealkylation sites (tertiary alicyclic amines) is 1. The first-order valence-electron chi connectivity index (χ1n) is 10.5. The summed E-state index contributed by atoms with van der Waals surface area (Å²) in [5.41, 5.74) is 0.800. The first kappa shape index (κ1) is 21.4. The molecule has 1 aliphatic rings. The highest BCUT2D eigenvalue weighted by atomic mass is 16.6. The van der Waals surface area contributed by atoms with Gasteiger partial charge in [-0.3, -0.25) is 9.59 Å². The number of aromatic nitrogens is 1. The number of para-hydroxylation sites is 1. The molecule has 1 aromatic carbocycles. The fourth-order valence-electron chi connectivity index (χ4n) is 3.89. The zero-order chi connectivity index (χ0) is 21.2. The van der Waals surface area contributed by atoms with Gasteiger partial charge in [0.1, 0.15) is 17.8 Å². The average Bonchev–Trinajstić information content (AvgIpc) is 2.99. The number of esters is 1. The SMILES string of the molecule is CC(C)N1CCC(NC(=O)c2cc3ccccc3n2CC(=O)OC(C)(C)C)CC1. The van der Waals surface area contributed by atoms with Gasteiger partial charge in [0.05, 0.1) is 0 Å². The van der Waals surface area contributed by atoms with Gasteiger partial charge >= 0.3 is 5.97 Å². The van der Waals surface area contributed by atoms with Crippen LogP contribution in [0.15, 0.2) is 30.3 Å². The van der Waals surface area contributed by atoms with E-state index < -0.39 is 5.60 Å². The third-order valence-corrected chi connectivity index (χ3v) is 5.35. The molecule has 0 spiro atoms. The van der Waals surface area contributed by atoms with Crippen molar-refractivity contribution < 1.29 is 14.3 Å². The molecule has 0 aliphatic carbocycles. The van der Waals surface area contributed by atoms with Crippen molar-refractivity contribution in [3.63, 3.8) is 0 Å². The summed E-state index contributed by atoms with van der Waals surface area (Å²) in [4.78, 5) is 28.0. The lowest BCUT2D eigenvalue weighted by Crippen LogP contribution is -2.47. The average molecular weight is 400 g/mol. The van der Waals surface area contributed by atoms with Crippen molar-refractivity contribution in [1.82, 2.24) is 14.8 Å². The lowest BCUT2D eigenvalue weighted by molar-refractivity contribution is -0.155. The number of amides is 1. The molecule has 2 heterocycles. The van der Waals surface area contributed by atoms with Crippen LogP contribution in [0.4, 0.5) is 0 Å². The van der Waals surface area contributed by atoms with Crippen molar-refractivity contribution in [2.45, 2.75) is 71.7 Å². The normalized spacial score (nSPS) is 16.3. The van der Waals surface area contributed by atoms with Gasteiger partial charge < -0.3 is 19.5 Å². The Morgan fingerprint density at radius 1 is 1.17 bits per heavy atom. The Morgan fingerprint density at radius 2 is 1.83 bits per heavy atom. The van der Waals surface area contributed by atoms with Gasteiger partial charge in [0.2, 0.25) is 0 Å². The number of benzene rings is 1. The number of hydrogen-bond donors (Lipinski definition) is 1. The van der Waals surface area contributed by atoms with Crippen LogP contribution in [-0.2, 0) is 16.1 Å². The predicted octanol–water partition coefficient (Wildman–Crippen LogP) is 3.59. The molecule has 1 saturated heterocycles. The van der Waals surface area contributed by atoms with Crippen LogP contribution in [0.3, 0.4) is 0 Å². The standard InChI is InChI=1S/C23H33N3O3/c1-16(2)25-12-10-18(11-13-25)24-22(28)20-14-17-8-6-7-9-19(17)26(20)15-21(27)29-23(3,4)5/h6-9,14,16,18H,10-13,15H2,1-5H3,(H,24,28). The summed E-state index contributed by atoms with van der Waals surface area (Å²) in [6.45, 7) is 11.9. The molecular formula is C23H33N3O3. The van der Waals surface area contributed by atoms with Crippen molar-refractivity contribution >= 4 is 22.8 Å². The number of hydrogen-bond acceptors (Lipinski definition) is 4. The number of rotatable bonds is 5. The van der Waals surface area contributed by atoms with Crippen molar-refractivity contribution in [3.05, 3.63) is 36.0 Å². The van der Waals surface area contributed by atoms with Crippen LogP contribution in [0.1, 0.15) is 57.9 Å². The number of nitrogens with zero attached hydrogens (tertiary/aromatic N) is 2. The lowest BCUT2D eigenvalue weighted by Gasteiger charge is -2.34. The predicted molar refractivity (Wildman–Crippen MR) is 115 cm³/mol. The van der Waals surface area contributed by atoms with Crippen molar-refractivity contribution in [2.75, 3.05) is 13.1 Å². The zero-order valence-electron chi connectivity index (χ0n) is 18.2. The van der Waals surface area contributed by atoms with Gasteiger partial charge in [0.25, 0.3) is 5.91 Å². The van der Waals surface area contributed by atoms with Gasteiger partial charge in [-0.1, -0.05) is 18.2 Å². The summed E-state index contributed by atoms with van der Waals surface area (Å²) < 4.78 is 7.25. The van der Waals surface area contributed by atoms with E-state index >= 15 is 0 Å². The smallest absolute Gasteiger partial charge is 0.326 e. The third-order valence-electron chi connectivity index (χ3n) is 5.35. The Hall–Kier alpha value is -2.34. The molecule has 2 aromatic rings. The Balaban J connectivity index is 1.77. The third kappa shape index (κ3) is 5.38. The molecule has 0 bridgehead atoms. The van der Waals surface area contributed by atoms with Crippen molar-refractivity contribution in [1.29, 1.82) is 0 Å². The highest BCUT2D eigenvalue weighted by molar-refractivity contribution is 5.99. The summed E-state index contributed by atoms with van der Waals surface area (Å²) in [7, 11) is 0. The van der Waals surface area contributed by atoms with E-state index in [0.29, 0.717) is 11.7 Å². The van der Waals surface area contributed by atoms with E-state index in [9.17, 15) is 9.59 Å². The molecule has 1 aromatic heterocycles. The number of fused-ring (bicyclic) bond motifs is 1. The van der Waals surface area contributed by atoms with Crippen molar-refractivity contribution in [3.8, 4) is 0 Å². The zero-order valence-corrected chi connectivity index (χ0v) is 18.2. The molecule has 158 valence electrons. The molecule has 1 fully saturated rings. The van der Waals surface area contributed by atoms with E-state index in [1.807, 2.05) is 51.1 Å². The summed E-state index contributed by atoms with van der Waals surface area (Å²) in [5.74, 6) is -0.481. The molecule has 1 amide bonds. The first-order valence-corrected chi connectivity index (χ1v) is 10.5.